The molecule has 0 aliphatic carbocycles. The predicted octanol–water partition coefficient (Wildman–Crippen LogP) is 3.13. The van der Waals surface area contributed by atoms with E-state index in [1.165, 1.54) is 4.90 Å². The largest absolute Gasteiger partial charge is 0.472 e. The lowest BCUT2D eigenvalue weighted by atomic mass is 10.2. The van der Waals surface area contributed by atoms with Gasteiger partial charge in [-0.05, 0) is 30.9 Å². The van der Waals surface area contributed by atoms with Gasteiger partial charge in [-0.3, -0.25) is 0 Å². The number of nitrogens with zero attached hydrogens (tertiary/aromatic N) is 2. The van der Waals surface area contributed by atoms with Crippen LogP contribution in [0.5, 0.6) is 5.88 Å². The van der Waals surface area contributed by atoms with Crippen molar-refractivity contribution in [2.75, 3.05) is 18.6 Å². The maximum Gasteiger partial charge on any atom is 0.233 e. The molecule has 1 N–H and O–H groups in total. The van der Waals surface area contributed by atoms with Crippen LogP contribution in [0.25, 0.3) is 0 Å². The zero-order chi connectivity index (χ0) is 13.7. The van der Waals surface area contributed by atoms with E-state index < -0.39 is 0 Å². The van der Waals surface area contributed by atoms with E-state index in [4.69, 9.17) is 4.74 Å². The Kier molecular flexibility index (Phi) is 4.63. The van der Waals surface area contributed by atoms with Crippen LogP contribution in [0.1, 0.15) is 11.1 Å². The number of nitrogens with one attached hydrogen (secondary N) is 1. The molecule has 19 heavy (non-hydrogen) atoms. The molecule has 0 bridgehead atoms. The number of hydrogen-bond acceptors (Lipinski definition) is 5. The quantitative estimate of drug-likeness (QED) is 0.849. The van der Waals surface area contributed by atoms with Gasteiger partial charge >= 0.3 is 0 Å². The Hall–Kier alpha value is -1.75. The fourth-order valence-corrected chi connectivity index (χ4v) is 2.42. The molecule has 0 radical (unpaired) electrons. The molecule has 0 spiro atoms. The van der Waals surface area contributed by atoms with Gasteiger partial charge in [0.25, 0.3) is 0 Å². The van der Waals surface area contributed by atoms with Crippen molar-refractivity contribution < 1.29 is 4.74 Å². The third kappa shape index (κ3) is 3.38. The Labute approximate surface area is 117 Å². The van der Waals surface area contributed by atoms with Crippen LogP contribution >= 0.6 is 11.8 Å². The number of hydrogen-bond donors (Lipinski definition) is 1. The molecule has 0 saturated heterocycles. The molecule has 1 aromatic carbocycles. The van der Waals surface area contributed by atoms with Crippen LogP contribution in [0.4, 0.5) is 5.69 Å². The fourth-order valence-electron chi connectivity index (χ4n) is 1.79. The number of ether oxygens (including phenoxy) is 1. The summed E-state index contributed by atoms with van der Waals surface area (Å²) in [6.45, 7) is 2.45. The maximum atomic E-state index is 5.73. The highest BCUT2D eigenvalue weighted by atomic mass is 32.2. The van der Waals surface area contributed by atoms with Crippen molar-refractivity contribution in [3.05, 3.63) is 41.6 Å². The minimum Gasteiger partial charge on any atom is -0.472 e. The van der Waals surface area contributed by atoms with E-state index in [1.54, 1.807) is 18.0 Å². The highest BCUT2D eigenvalue weighted by Crippen LogP contribution is 2.27. The molecule has 0 aliphatic heterocycles. The van der Waals surface area contributed by atoms with Gasteiger partial charge in [0.2, 0.25) is 5.88 Å². The summed E-state index contributed by atoms with van der Waals surface area (Å²) >= 11 is 1.71. The van der Waals surface area contributed by atoms with Gasteiger partial charge in [0, 0.05) is 29.3 Å². The molecule has 1 aromatic heterocycles. The van der Waals surface area contributed by atoms with Crippen LogP contribution in [-0.4, -0.2) is 23.5 Å². The van der Waals surface area contributed by atoms with Crippen LogP contribution < -0.4 is 10.1 Å². The number of aryl methyl sites for hydroxylation is 1. The molecule has 0 fully saturated rings. The zero-order valence-electron chi connectivity index (χ0n) is 11.3. The lowest BCUT2D eigenvalue weighted by Crippen LogP contribution is -2.04. The second kappa shape index (κ2) is 6.43. The fraction of sp³-hybridized carbons (Fsp3) is 0.286. The summed E-state index contributed by atoms with van der Waals surface area (Å²) in [6.07, 6.45) is 3.77. The summed E-state index contributed by atoms with van der Waals surface area (Å²) < 4.78 is 5.73. The first-order valence-electron chi connectivity index (χ1n) is 6.00. The lowest BCUT2D eigenvalue weighted by molar-refractivity contribution is 0.288. The second-order valence-corrected chi connectivity index (χ2v) is 4.94. The molecule has 5 heteroatoms. The van der Waals surface area contributed by atoms with Gasteiger partial charge in [-0.2, -0.15) is 5.10 Å². The molecule has 0 saturated carbocycles. The SMILES string of the molecule is CNc1cccc(SC)c1COc1cc(C)cnn1. The van der Waals surface area contributed by atoms with E-state index in [1.807, 2.05) is 32.2 Å². The van der Waals surface area contributed by atoms with Gasteiger partial charge < -0.3 is 10.1 Å². The van der Waals surface area contributed by atoms with E-state index in [-0.39, 0.29) is 0 Å². The smallest absolute Gasteiger partial charge is 0.233 e. The molecule has 2 rings (SSSR count). The average Bonchev–Trinajstić information content (AvgIpc) is 2.44. The standard InChI is InChI=1S/C14H17N3OS/c1-10-7-14(17-16-8-10)18-9-11-12(15-2)5-4-6-13(11)19-3/h4-8,15H,9H2,1-3H3. The summed E-state index contributed by atoms with van der Waals surface area (Å²) in [7, 11) is 1.91. The van der Waals surface area contributed by atoms with Gasteiger partial charge in [-0.1, -0.05) is 6.07 Å². The number of aromatic nitrogens is 2. The average molecular weight is 275 g/mol. The molecule has 0 aliphatic rings. The topological polar surface area (TPSA) is 47.0 Å². The third-order valence-electron chi connectivity index (χ3n) is 2.76. The Morgan fingerprint density at radius 3 is 2.89 bits per heavy atom. The van der Waals surface area contributed by atoms with Crippen molar-refractivity contribution in [3.8, 4) is 5.88 Å². The highest BCUT2D eigenvalue weighted by molar-refractivity contribution is 7.98. The first kappa shape index (κ1) is 13.7. The van der Waals surface area contributed by atoms with Gasteiger partial charge in [0.05, 0.1) is 6.20 Å². The van der Waals surface area contributed by atoms with Gasteiger partial charge in [-0.25, -0.2) is 0 Å². The molecular formula is C14H17N3OS. The Bertz CT molecular complexity index is 538. The summed E-state index contributed by atoms with van der Waals surface area (Å²) in [5.41, 5.74) is 3.25. The van der Waals surface area contributed by atoms with E-state index in [2.05, 4.69) is 27.8 Å². The second-order valence-electron chi connectivity index (χ2n) is 4.10. The summed E-state index contributed by atoms with van der Waals surface area (Å²) in [5.74, 6) is 0.554. The molecule has 1 heterocycles. The van der Waals surface area contributed by atoms with Crippen molar-refractivity contribution in [2.24, 2.45) is 0 Å². The van der Waals surface area contributed by atoms with E-state index >= 15 is 0 Å². The van der Waals surface area contributed by atoms with Crippen LogP contribution in [0.2, 0.25) is 0 Å². The first-order chi connectivity index (χ1) is 9.24. The molecule has 4 nitrogen and oxygen atoms in total. The summed E-state index contributed by atoms with van der Waals surface area (Å²) in [4.78, 5) is 1.20. The molecule has 0 unspecified atom stereocenters. The Morgan fingerprint density at radius 2 is 2.21 bits per heavy atom. The first-order valence-corrected chi connectivity index (χ1v) is 7.23. The van der Waals surface area contributed by atoms with Gasteiger partial charge in [0.1, 0.15) is 6.61 Å². The lowest BCUT2D eigenvalue weighted by Gasteiger charge is -2.13. The summed E-state index contributed by atoms with van der Waals surface area (Å²) in [6, 6.07) is 8.05. The van der Waals surface area contributed by atoms with Crippen molar-refractivity contribution in [1.82, 2.24) is 10.2 Å². The molecule has 0 atom stereocenters. The van der Waals surface area contributed by atoms with E-state index in [0.717, 1.165) is 16.8 Å². The van der Waals surface area contributed by atoms with Gasteiger partial charge in [0.15, 0.2) is 0 Å². The third-order valence-corrected chi connectivity index (χ3v) is 3.58. The molecule has 0 amide bonds. The van der Waals surface area contributed by atoms with Gasteiger partial charge in [-0.15, -0.1) is 16.9 Å². The van der Waals surface area contributed by atoms with Crippen molar-refractivity contribution in [2.45, 2.75) is 18.4 Å². The van der Waals surface area contributed by atoms with Crippen LogP contribution in [0, 0.1) is 6.92 Å². The normalized spacial score (nSPS) is 10.3. The van der Waals surface area contributed by atoms with E-state index in [9.17, 15) is 0 Å². The number of benzene rings is 1. The number of thioether (sulfide) groups is 1. The van der Waals surface area contributed by atoms with Crippen LogP contribution in [-0.2, 0) is 6.61 Å². The van der Waals surface area contributed by atoms with Crippen LogP contribution in [0.3, 0.4) is 0 Å². The summed E-state index contributed by atoms with van der Waals surface area (Å²) in [5, 5.41) is 11.0. The highest BCUT2D eigenvalue weighted by Gasteiger charge is 2.08. The molecular weight excluding hydrogens is 258 g/mol. The van der Waals surface area contributed by atoms with Crippen molar-refractivity contribution in [3.63, 3.8) is 0 Å². The minimum absolute atomic E-state index is 0.478. The molecule has 2 aromatic rings. The molecule has 100 valence electrons. The monoisotopic (exact) mass is 275 g/mol. The van der Waals surface area contributed by atoms with Crippen molar-refractivity contribution >= 4 is 17.4 Å². The Morgan fingerprint density at radius 1 is 1.37 bits per heavy atom. The van der Waals surface area contributed by atoms with E-state index in [0.29, 0.717) is 12.5 Å². The number of rotatable bonds is 5. The van der Waals surface area contributed by atoms with Crippen LogP contribution in [0.15, 0.2) is 35.4 Å². The minimum atomic E-state index is 0.478. The van der Waals surface area contributed by atoms with Crippen molar-refractivity contribution in [1.29, 1.82) is 0 Å². The zero-order valence-corrected chi connectivity index (χ0v) is 12.1. The maximum absolute atomic E-state index is 5.73. The Balaban J connectivity index is 2.19. The predicted molar refractivity (Wildman–Crippen MR) is 78.9 cm³/mol. The number of anilines is 1.